The molecule has 0 aliphatic rings. The summed E-state index contributed by atoms with van der Waals surface area (Å²) in [5.41, 5.74) is 2.17. The lowest BCUT2D eigenvalue weighted by atomic mass is 10.1. The van der Waals surface area contributed by atoms with Crippen LogP contribution in [0, 0.1) is 0 Å². The van der Waals surface area contributed by atoms with Gasteiger partial charge in [0.05, 0.1) is 7.11 Å². The van der Waals surface area contributed by atoms with Crippen LogP contribution >= 0.6 is 0 Å². The number of pyridine rings is 1. The molecule has 0 unspecified atom stereocenters. The zero-order valence-electron chi connectivity index (χ0n) is 17.2. The fourth-order valence-corrected chi connectivity index (χ4v) is 2.74. The number of hydrogen-bond donors (Lipinski definition) is 1. The quantitative estimate of drug-likeness (QED) is 0.334. The van der Waals surface area contributed by atoms with Gasteiger partial charge in [0.1, 0.15) is 12.4 Å². The van der Waals surface area contributed by atoms with E-state index >= 15 is 0 Å². The predicted molar refractivity (Wildman–Crippen MR) is 117 cm³/mol. The van der Waals surface area contributed by atoms with E-state index in [1.165, 1.54) is 20.1 Å². The Hall–Kier alpha value is -4.13. The van der Waals surface area contributed by atoms with Gasteiger partial charge in [-0.15, -0.1) is 0 Å². The molecule has 158 valence electrons. The maximum Gasteiger partial charge on any atom is 0.308 e. The minimum absolute atomic E-state index is 0.288. The van der Waals surface area contributed by atoms with E-state index < -0.39 is 5.97 Å². The van der Waals surface area contributed by atoms with Crippen LogP contribution in [0.15, 0.2) is 73.1 Å². The number of carbonyl (C=O) groups excluding carboxylic acids is 2. The second kappa shape index (κ2) is 10.6. The van der Waals surface area contributed by atoms with Crippen molar-refractivity contribution < 1.29 is 23.8 Å². The Kier molecular flexibility index (Phi) is 7.37. The van der Waals surface area contributed by atoms with Gasteiger partial charge >= 0.3 is 5.97 Å². The topological polar surface area (TPSA) is 86.8 Å². The van der Waals surface area contributed by atoms with Crippen molar-refractivity contribution in [2.45, 2.75) is 13.5 Å². The molecule has 0 fully saturated rings. The number of benzene rings is 2. The van der Waals surface area contributed by atoms with Crippen molar-refractivity contribution in [3.05, 3.63) is 84.2 Å². The van der Waals surface area contributed by atoms with Crippen LogP contribution in [0.1, 0.15) is 18.1 Å². The Balaban J connectivity index is 1.67. The average Bonchev–Trinajstić information content (AvgIpc) is 2.77. The largest absolute Gasteiger partial charge is 0.493 e. The van der Waals surface area contributed by atoms with Gasteiger partial charge in [0, 0.05) is 36.6 Å². The zero-order chi connectivity index (χ0) is 22.1. The van der Waals surface area contributed by atoms with Crippen LogP contribution in [0.5, 0.6) is 17.2 Å². The molecule has 0 saturated carbocycles. The van der Waals surface area contributed by atoms with E-state index in [9.17, 15) is 9.59 Å². The van der Waals surface area contributed by atoms with E-state index in [0.717, 1.165) is 5.56 Å². The molecular weight excluding hydrogens is 396 g/mol. The molecule has 0 bridgehead atoms. The Morgan fingerprint density at radius 2 is 1.81 bits per heavy atom. The number of nitrogens with one attached hydrogen (secondary N) is 1. The number of aromatic nitrogens is 1. The van der Waals surface area contributed by atoms with Gasteiger partial charge in [-0.2, -0.15) is 0 Å². The summed E-state index contributed by atoms with van der Waals surface area (Å²) in [6, 6.07) is 16.0. The summed E-state index contributed by atoms with van der Waals surface area (Å²) in [4.78, 5) is 27.7. The predicted octanol–water partition coefficient (Wildman–Crippen LogP) is 4.25. The fourth-order valence-electron chi connectivity index (χ4n) is 2.74. The number of amides is 1. The van der Waals surface area contributed by atoms with E-state index in [-0.39, 0.29) is 11.7 Å². The SMILES string of the molecule is COc1ccc(/C=C/C(=O)Nc2ccccc2COc2ccncc2)cc1OC(C)=O. The molecule has 7 heteroatoms. The fraction of sp³-hybridized carbons (Fsp3) is 0.125. The molecule has 1 amide bonds. The third kappa shape index (κ3) is 6.43. The summed E-state index contributed by atoms with van der Waals surface area (Å²) >= 11 is 0. The van der Waals surface area contributed by atoms with Crippen molar-refractivity contribution >= 4 is 23.6 Å². The van der Waals surface area contributed by atoms with E-state index in [1.54, 1.807) is 48.8 Å². The highest BCUT2D eigenvalue weighted by atomic mass is 16.6. The molecule has 0 atom stereocenters. The average molecular weight is 418 g/mol. The van der Waals surface area contributed by atoms with Crippen LogP contribution in [0.25, 0.3) is 6.08 Å². The van der Waals surface area contributed by atoms with E-state index in [1.807, 2.05) is 24.3 Å². The molecule has 3 aromatic rings. The van der Waals surface area contributed by atoms with Crippen LogP contribution in [0.2, 0.25) is 0 Å². The minimum atomic E-state index is -0.456. The van der Waals surface area contributed by atoms with Crippen LogP contribution < -0.4 is 19.5 Å². The van der Waals surface area contributed by atoms with Gasteiger partial charge in [0.25, 0.3) is 0 Å². The van der Waals surface area contributed by atoms with Crippen LogP contribution in [-0.4, -0.2) is 24.0 Å². The summed E-state index contributed by atoms with van der Waals surface area (Å²) < 4.78 is 16.1. The smallest absolute Gasteiger partial charge is 0.308 e. The first kappa shape index (κ1) is 21.6. The van der Waals surface area contributed by atoms with Crippen molar-refractivity contribution in [1.29, 1.82) is 0 Å². The number of hydrogen-bond acceptors (Lipinski definition) is 6. The molecule has 1 heterocycles. The molecule has 0 aliphatic heterocycles. The first-order chi connectivity index (χ1) is 15.0. The van der Waals surface area contributed by atoms with E-state index in [4.69, 9.17) is 14.2 Å². The summed E-state index contributed by atoms with van der Waals surface area (Å²) in [5.74, 6) is 0.652. The van der Waals surface area contributed by atoms with Gasteiger partial charge in [-0.05, 0) is 42.0 Å². The van der Waals surface area contributed by atoms with Gasteiger partial charge in [-0.1, -0.05) is 24.3 Å². The lowest BCUT2D eigenvalue weighted by molar-refractivity contribution is -0.132. The number of carbonyl (C=O) groups is 2. The summed E-state index contributed by atoms with van der Waals surface area (Å²) in [7, 11) is 1.49. The van der Waals surface area contributed by atoms with Gasteiger partial charge in [-0.25, -0.2) is 0 Å². The van der Waals surface area contributed by atoms with E-state index in [0.29, 0.717) is 29.4 Å². The molecule has 31 heavy (non-hydrogen) atoms. The van der Waals surface area contributed by atoms with Crippen molar-refractivity contribution in [2.24, 2.45) is 0 Å². The molecule has 0 aliphatic carbocycles. The number of rotatable bonds is 8. The van der Waals surface area contributed by atoms with Crippen LogP contribution in [0.3, 0.4) is 0 Å². The Morgan fingerprint density at radius 3 is 2.55 bits per heavy atom. The number of esters is 1. The summed E-state index contributed by atoms with van der Waals surface area (Å²) in [6.45, 7) is 1.61. The van der Waals surface area contributed by atoms with Crippen LogP contribution in [-0.2, 0) is 16.2 Å². The lowest BCUT2D eigenvalue weighted by Gasteiger charge is -2.11. The molecule has 7 nitrogen and oxygen atoms in total. The second-order valence-electron chi connectivity index (χ2n) is 6.46. The number of anilines is 1. The number of ether oxygens (including phenoxy) is 3. The number of para-hydroxylation sites is 1. The summed E-state index contributed by atoms with van der Waals surface area (Å²) in [5, 5.41) is 2.86. The van der Waals surface area contributed by atoms with E-state index in [2.05, 4.69) is 10.3 Å². The maximum absolute atomic E-state index is 12.4. The van der Waals surface area contributed by atoms with Crippen LogP contribution in [0.4, 0.5) is 5.69 Å². The van der Waals surface area contributed by atoms with Crippen molar-refractivity contribution in [3.63, 3.8) is 0 Å². The minimum Gasteiger partial charge on any atom is -0.493 e. The third-order valence-electron chi connectivity index (χ3n) is 4.19. The molecule has 3 rings (SSSR count). The Labute approximate surface area is 180 Å². The lowest BCUT2D eigenvalue weighted by Crippen LogP contribution is -2.10. The van der Waals surface area contributed by atoms with Crippen molar-refractivity contribution in [1.82, 2.24) is 4.98 Å². The van der Waals surface area contributed by atoms with Gasteiger partial charge in [0.15, 0.2) is 11.5 Å². The Morgan fingerprint density at radius 1 is 1.03 bits per heavy atom. The molecule has 1 aromatic heterocycles. The molecule has 0 spiro atoms. The first-order valence-electron chi connectivity index (χ1n) is 9.51. The second-order valence-corrected chi connectivity index (χ2v) is 6.46. The first-order valence-corrected chi connectivity index (χ1v) is 9.51. The molecular formula is C24H22N2O5. The van der Waals surface area contributed by atoms with Crippen molar-refractivity contribution in [2.75, 3.05) is 12.4 Å². The zero-order valence-corrected chi connectivity index (χ0v) is 17.2. The number of nitrogens with zero attached hydrogens (tertiary/aromatic N) is 1. The maximum atomic E-state index is 12.4. The normalized spacial score (nSPS) is 10.5. The van der Waals surface area contributed by atoms with Gasteiger partial charge in [0.2, 0.25) is 5.91 Å². The van der Waals surface area contributed by atoms with Gasteiger partial charge < -0.3 is 19.5 Å². The standard InChI is InChI=1S/C24H22N2O5/c1-17(27)31-23-15-18(7-9-22(23)29-2)8-10-24(28)26-21-6-4-3-5-19(21)16-30-20-11-13-25-14-12-20/h3-15H,16H2,1-2H3,(H,26,28)/b10-8+. The number of methoxy groups -OCH3 is 1. The highest BCUT2D eigenvalue weighted by Crippen LogP contribution is 2.28. The van der Waals surface area contributed by atoms with Crippen molar-refractivity contribution in [3.8, 4) is 17.2 Å². The molecule has 2 aromatic carbocycles. The van der Waals surface area contributed by atoms with Gasteiger partial charge in [-0.3, -0.25) is 14.6 Å². The highest BCUT2D eigenvalue weighted by molar-refractivity contribution is 6.02. The molecule has 0 saturated heterocycles. The highest BCUT2D eigenvalue weighted by Gasteiger charge is 2.08. The molecule has 0 radical (unpaired) electrons. The third-order valence-corrected chi connectivity index (χ3v) is 4.19. The Bertz CT molecular complexity index is 1080. The molecule has 1 N–H and O–H groups in total. The monoisotopic (exact) mass is 418 g/mol. The summed E-state index contributed by atoms with van der Waals surface area (Å²) in [6.07, 6.45) is 6.33.